The fraction of sp³-hybridized carbons (Fsp3) is 0.286. The number of halogens is 2. The predicted octanol–water partition coefficient (Wildman–Crippen LogP) is 1.90. The van der Waals surface area contributed by atoms with Crippen molar-refractivity contribution in [3.8, 4) is 0 Å². The maximum absolute atomic E-state index is 11.1. The van der Waals surface area contributed by atoms with Gasteiger partial charge in [0.2, 0.25) is 0 Å². The molecule has 0 N–H and O–H groups in total. The fourth-order valence-electron chi connectivity index (χ4n) is 0.797. The molecule has 0 atom stereocenters. The van der Waals surface area contributed by atoms with Crippen LogP contribution in [-0.2, 0) is 4.79 Å². The molecule has 4 heteroatoms. The molecule has 0 aliphatic carbocycles. The van der Waals surface area contributed by atoms with Crippen LogP contribution in [0, 0.1) is 0 Å². The van der Waals surface area contributed by atoms with E-state index < -0.39 is 0 Å². The van der Waals surface area contributed by atoms with Crippen molar-refractivity contribution in [3.05, 3.63) is 20.9 Å². The molecule has 0 bridgehead atoms. The largest absolute Gasteiger partial charge is 0.372 e. The summed E-state index contributed by atoms with van der Waals surface area (Å²) in [6.07, 6.45) is 3.56. The molecule has 11 heavy (non-hydrogen) atoms. The number of Topliss-reactive ketones (excluding diaryl/α,β-unsaturated/α-hetero) is 1. The third-order valence-electron chi connectivity index (χ3n) is 1.27. The third-order valence-corrected chi connectivity index (χ3v) is 2.18. The Kier molecular flexibility index (Phi) is 2.95. The summed E-state index contributed by atoms with van der Waals surface area (Å²) >= 11 is 7.80. The highest BCUT2D eigenvalue weighted by Gasteiger charge is 2.12. The number of hydrogen-bond donors (Lipinski definition) is 0. The summed E-state index contributed by atoms with van der Waals surface area (Å²) in [5, 5.41) is 0.315. The molecule has 0 unspecified atom stereocenters. The minimum atomic E-state index is -0.0305. The number of carbonyl (C=O) groups excluding carboxylic acids is 1. The summed E-state index contributed by atoms with van der Waals surface area (Å²) in [4.78, 5) is 12.9. The highest BCUT2D eigenvalue weighted by Crippen LogP contribution is 2.18. The number of hydrogen-bond acceptors (Lipinski definition) is 2. The lowest BCUT2D eigenvalue weighted by atomic mass is 10.3. The van der Waals surface area contributed by atoms with E-state index in [9.17, 15) is 4.79 Å². The topological polar surface area (TPSA) is 20.3 Å². The van der Waals surface area contributed by atoms with Crippen molar-refractivity contribution in [1.82, 2.24) is 4.90 Å². The monoisotopic (exact) mass is 283 g/mol. The van der Waals surface area contributed by atoms with Gasteiger partial charge in [0.15, 0.2) is 5.78 Å². The minimum absolute atomic E-state index is 0.0305. The highest BCUT2D eigenvalue weighted by molar-refractivity contribution is 14.1. The first-order valence-electron chi connectivity index (χ1n) is 3.07. The van der Waals surface area contributed by atoms with Gasteiger partial charge in [-0.3, -0.25) is 4.79 Å². The summed E-state index contributed by atoms with van der Waals surface area (Å²) in [6.45, 7) is 0.363. The number of likely N-dealkylation sites (N-methyl/N-ethyl adjacent to an activating group) is 1. The molecular formula is C7H7ClINO. The van der Waals surface area contributed by atoms with Crippen molar-refractivity contribution in [3.63, 3.8) is 0 Å². The number of ketones is 1. The van der Waals surface area contributed by atoms with Gasteiger partial charge in [-0.2, -0.15) is 0 Å². The van der Waals surface area contributed by atoms with Crippen molar-refractivity contribution in [1.29, 1.82) is 0 Å². The first-order chi connectivity index (χ1) is 5.09. The normalized spacial score (nSPS) is 19.2. The molecule has 0 aromatic carbocycles. The molecule has 0 radical (unpaired) electrons. The lowest BCUT2D eigenvalue weighted by Gasteiger charge is -2.09. The predicted molar refractivity (Wildman–Crippen MR) is 53.7 cm³/mol. The van der Waals surface area contributed by atoms with E-state index in [4.69, 9.17) is 11.6 Å². The summed E-state index contributed by atoms with van der Waals surface area (Å²) < 4.78 is 0.973. The van der Waals surface area contributed by atoms with E-state index in [0.717, 1.165) is 3.58 Å². The molecule has 0 aromatic heterocycles. The van der Waals surface area contributed by atoms with Crippen LogP contribution in [0.2, 0.25) is 0 Å². The van der Waals surface area contributed by atoms with Crippen LogP contribution >= 0.6 is 34.2 Å². The Labute approximate surface area is 84.0 Å². The Morgan fingerprint density at radius 3 is 3.00 bits per heavy atom. The molecule has 0 aromatic rings. The van der Waals surface area contributed by atoms with E-state index in [0.29, 0.717) is 11.6 Å². The maximum atomic E-state index is 11.1. The first-order valence-corrected chi connectivity index (χ1v) is 4.53. The van der Waals surface area contributed by atoms with Crippen LogP contribution in [0.4, 0.5) is 0 Å². The first kappa shape index (κ1) is 9.06. The molecule has 0 saturated carbocycles. The zero-order valence-corrected chi connectivity index (χ0v) is 8.89. The van der Waals surface area contributed by atoms with Crippen LogP contribution in [-0.4, -0.2) is 24.3 Å². The van der Waals surface area contributed by atoms with Gasteiger partial charge < -0.3 is 4.90 Å². The molecule has 0 fully saturated rings. The summed E-state index contributed by atoms with van der Waals surface area (Å²) in [6, 6.07) is 0. The van der Waals surface area contributed by atoms with Crippen LogP contribution in [0.15, 0.2) is 20.9 Å². The summed E-state index contributed by atoms with van der Waals surface area (Å²) in [7, 11) is 1.85. The molecule has 1 rings (SSSR count). The number of allylic oxidation sites excluding steroid dienone is 2. The smallest absolute Gasteiger partial charge is 0.193 e. The second-order valence-corrected chi connectivity index (χ2v) is 4.00. The van der Waals surface area contributed by atoms with Gasteiger partial charge >= 0.3 is 0 Å². The maximum Gasteiger partial charge on any atom is 0.193 e. The number of carbonyl (C=O) groups is 1. The standard InChI is InChI=1S/C7H7ClINO/c1-10-3-5(9)2-6(8)7(11)4-10/h2-3H,4H2,1H3. The molecule has 0 saturated heterocycles. The molecule has 60 valence electrons. The average Bonchev–Trinajstić information content (AvgIpc) is 1.93. The van der Waals surface area contributed by atoms with E-state index >= 15 is 0 Å². The van der Waals surface area contributed by atoms with E-state index in [1.54, 1.807) is 6.08 Å². The van der Waals surface area contributed by atoms with Crippen molar-refractivity contribution in [2.45, 2.75) is 0 Å². The van der Waals surface area contributed by atoms with Crippen LogP contribution in [0.5, 0.6) is 0 Å². The minimum Gasteiger partial charge on any atom is -0.372 e. The van der Waals surface area contributed by atoms with E-state index in [-0.39, 0.29) is 5.78 Å². The number of rotatable bonds is 0. The summed E-state index contributed by atoms with van der Waals surface area (Å²) in [5.41, 5.74) is 0. The Hall–Kier alpha value is -0.0300. The van der Waals surface area contributed by atoms with Gasteiger partial charge in [0.05, 0.1) is 11.6 Å². The quantitative estimate of drug-likeness (QED) is 0.633. The van der Waals surface area contributed by atoms with Crippen LogP contribution in [0.25, 0.3) is 0 Å². The lowest BCUT2D eigenvalue weighted by Crippen LogP contribution is -2.19. The van der Waals surface area contributed by atoms with Crippen LogP contribution < -0.4 is 0 Å². The van der Waals surface area contributed by atoms with Crippen LogP contribution in [0.3, 0.4) is 0 Å². The fourth-order valence-corrected chi connectivity index (χ4v) is 1.95. The Morgan fingerprint density at radius 2 is 2.36 bits per heavy atom. The van der Waals surface area contributed by atoms with Crippen molar-refractivity contribution in [2.75, 3.05) is 13.6 Å². The molecule has 2 nitrogen and oxygen atoms in total. The van der Waals surface area contributed by atoms with Crippen molar-refractivity contribution < 1.29 is 4.79 Å². The Morgan fingerprint density at radius 1 is 1.73 bits per heavy atom. The molecule has 0 amide bonds. The van der Waals surface area contributed by atoms with E-state index in [1.807, 2.05) is 18.1 Å². The highest BCUT2D eigenvalue weighted by atomic mass is 127. The van der Waals surface area contributed by atoms with Gasteiger partial charge in [-0.1, -0.05) is 11.6 Å². The third kappa shape index (κ3) is 2.48. The SMILES string of the molecule is CN1C=C(I)C=C(Cl)C(=O)C1. The molecular weight excluding hydrogens is 276 g/mol. The Bertz CT molecular complexity index is 247. The van der Waals surface area contributed by atoms with Crippen molar-refractivity contribution >= 4 is 40.0 Å². The lowest BCUT2D eigenvalue weighted by molar-refractivity contribution is -0.115. The second-order valence-electron chi connectivity index (χ2n) is 2.34. The van der Waals surface area contributed by atoms with Gasteiger partial charge in [0.1, 0.15) is 0 Å². The van der Waals surface area contributed by atoms with E-state index in [1.165, 1.54) is 0 Å². The summed E-state index contributed by atoms with van der Waals surface area (Å²) in [5.74, 6) is -0.0305. The van der Waals surface area contributed by atoms with Crippen molar-refractivity contribution in [2.24, 2.45) is 0 Å². The zero-order valence-electron chi connectivity index (χ0n) is 5.97. The molecule has 1 aliphatic heterocycles. The van der Waals surface area contributed by atoms with E-state index in [2.05, 4.69) is 22.6 Å². The molecule has 1 heterocycles. The molecule has 0 spiro atoms. The van der Waals surface area contributed by atoms with Gasteiger partial charge in [0.25, 0.3) is 0 Å². The average molecular weight is 283 g/mol. The Balaban J connectivity index is 2.91. The van der Waals surface area contributed by atoms with Gasteiger partial charge in [-0.15, -0.1) is 0 Å². The van der Waals surface area contributed by atoms with Gasteiger partial charge in [0, 0.05) is 16.8 Å². The second kappa shape index (κ2) is 3.58. The van der Waals surface area contributed by atoms with Crippen LogP contribution in [0.1, 0.15) is 0 Å². The molecule has 1 aliphatic rings. The zero-order chi connectivity index (χ0) is 8.43. The number of nitrogens with zero attached hydrogens (tertiary/aromatic N) is 1. The van der Waals surface area contributed by atoms with Gasteiger partial charge in [-0.25, -0.2) is 0 Å². The van der Waals surface area contributed by atoms with Gasteiger partial charge in [-0.05, 0) is 28.7 Å².